The highest BCUT2D eigenvalue weighted by atomic mass is 19.1. The van der Waals surface area contributed by atoms with Crippen LogP contribution in [0, 0.1) is 17.6 Å². The number of ether oxygens (including phenoxy) is 1. The number of aryl methyl sites for hydroxylation is 1. The third kappa shape index (κ3) is 3.46. The van der Waals surface area contributed by atoms with Gasteiger partial charge in [0.25, 0.3) is 5.91 Å². The molecule has 0 spiro atoms. The number of nitrogens with one attached hydrogen (secondary N) is 1. The summed E-state index contributed by atoms with van der Waals surface area (Å²) in [4.78, 5) is 16.8. The summed E-state index contributed by atoms with van der Waals surface area (Å²) in [6, 6.07) is 2.58. The number of imidazole rings is 1. The Labute approximate surface area is 138 Å². The van der Waals surface area contributed by atoms with Gasteiger partial charge in [-0.15, -0.1) is 0 Å². The third-order valence-corrected chi connectivity index (χ3v) is 4.34. The second-order valence-corrected chi connectivity index (χ2v) is 5.92. The van der Waals surface area contributed by atoms with E-state index in [-0.39, 0.29) is 17.5 Å². The second-order valence-electron chi connectivity index (χ2n) is 5.92. The van der Waals surface area contributed by atoms with Crippen molar-refractivity contribution in [3.8, 4) is 0 Å². The summed E-state index contributed by atoms with van der Waals surface area (Å²) in [5.74, 6) is -1.32. The van der Waals surface area contributed by atoms with E-state index in [1.165, 1.54) is 0 Å². The van der Waals surface area contributed by atoms with Gasteiger partial charge in [-0.25, -0.2) is 13.8 Å². The topological polar surface area (TPSA) is 56.2 Å². The summed E-state index contributed by atoms with van der Waals surface area (Å²) >= 11 is 0. The maximum atomic E-state index is 13.9. The quantitative estimate of drug-likeness (QED) is 0.934. The number of amides is 1. The Bertz CT molecular complexity index is 726. The van der Waals surface area contributed by atoms with Gasteiger partial charge in [0.1, 0.15) is 17.5 Å². The lowest BCUT2D eigenvalue weighted by Crippen LogP contribution is -2.37. The van der Waals surface area contributed by atoms with Crippen LogP contribution in [0.2, 0.25) is 0 Å². The summed E-state index contributed by atoms with van der Waals surface area (Å²) in [5, 5.41) is 2.87. The molecular formula is C17H19F2N3O2. The molecular weight excluding hydrogens is 316 g/mol. The maximum Gasteiger partial charge on any atom is 0.254 e. The number of halogens is 2. The number of nitrogens with zero attached hydrogens (tertiary/aromatic N) is 2. The van der Waals surface area contributed by atoms with Crippen molar-refractivity contribution in [3.05, 3.63) is 53.6 Å². The minimum atomic E-state index is -0.877. The van der Waals surface area contributed by atoms with Crippen LogP contribution in [-0.4, -0.2) is 28.7 Å². The molecule has 0 bridgehead atoms. The normalized spacial score (nSPS) is 16.8. The van der Waals surface area contributed by atoms with Gasteiger partial charge in [0, 0.05) is 38.7 Å². The zero-order chi connectivity index (χ0) is 17.1. The summed E-state index contributed by atoms with van der Waals surface area (Å²) in [5.41, 5.74) is -0.178. The standard InChI is InChI=1S/C17H19F2N3O2/c1-22-7-6-20-16(22)15(11-4-8-24-9-5-11)21-17(23)13-3-2-12(18)10-14(13)19/h2-3,6-7,10-11,15H,4-5,8-9H2,1H3,(H,21,23). The second kappa shape index (κ2) is 7.09. The fourth-order valence-electron chi connectivity index (χ4n) is 3.01. The van der Waals surface area contributed by atoms with E-state index in [1.807, 2.05) is 11.6 Å². The Balaban J connectivity index is 1.85. The first kappa shape index (κ1) is 16.6. The smallest absolute Gasteiger partial charge is 0.254 e. The van der Waals surface area contributed by atoms with Crippen LogP contribution in [0.15, 0.2) is 30.6 Å². The molecule has 1 amide bonds. The first-order valence-electron chi connectivity index (χ1n) is 7.87. The molecule has 5 nitrogen and oxygen atoms in total. The largest absolute Gasteiger partial charge is 0.381 e. The van der Waals surface area contributed by atoms with E-state index in [0.29, 0.717) is 25.1 Å². The van der Waals surface area contributed by atoms with Gasteiger partial charge in [0.05, 0.1) is 11.6 Å². The molecule has 1 unspecified atom stereocenters. The van der Waals surface area contributed by atoms with E-state index < -0.39 is 17.5 Å². The van der Waals surface area contributed by atoms with Crippen molar-refractivity contribution < 1.29 is 18.3 Å². The average Bonchev–Trinajstić information content (AvgIpc) is 2.99. The number of hydrogen-bond acceptors (Lipinski definition) is 3. The molecule has 1 N–H and O–H groups in total. The summed E-state index contributed by atoms with van der Waals surface area (Å²) in [7, 11) is 1.85. The summed E-state index contributed by atoms with van der Waals surface area (Å²) in [6.45, 7) is 1.23. The fraction of sp³-hybridized carbons (Fsp3) is 0.412. The molecule has 2 heterocycles. The van der Waals surface area contributed by atoms with Gasteiger partial charge in [-0.05, 0) is 30.9 Å². The van der Waals surface area contributed by atoms with E-state index in [4.69, 9.17) is 4.74 Å². The van der Waals surface area contributed by atoms with Crippen molar-refractivity contribution in [3.63, 3.8) is 0 Å². The number of carbonyl (C=O) groups is 1. The molecule has 24 heavy (non-hydrogen) atoms. The lowest BCUT2D eigenvalue weighted by atomic mass is 9.90. The van der Waals surface area contributed by atoms with E-state index >= 15 is 0 Å². The third-order valence-electron chi connectivity index (χ3n) is 4.34. The van der Waals surface area contributed by atoms with Gasteiger partial charge < -0.3 is 14.6 Å². The average molecular weight is 335 g/mol. The van der Waals surface area contributed by atoms with Gasteiger partial charge in [-0.1, -0.05) is 0 Å². The minimum Gasteiger partial charge on any atom is -0.381 e. The zero-order valence-electron chi connectivity index (χ0n) is 13.3. The lowest BCUT2D eigenvalue weighted by Gasteiger charge is -2.30. The molecule has 2 aromatic rings. The van der Waals surface area contributed by atoms with Crippen molar-refractivity contribution in [2.45, 2.75) is 18.9 Å². The van der Waals surface area contributed by atoms with Crippen molar-refractivity contribution in [1.82, 2.24) is 14.9 Å². The minimum absolute atomic E-state index is 0.146. The Morgan fingerprint density at radius 3 is 2.75 bits per heavy atom. The molecule has 1 aliphatic rings. The number of carbonyl (C=O) groups excluding carboxylic acids is 1. The first-order valence-corrected chi connectivity index (χ1v) is 7.87. The van der Waals surface area contributed by atoms with Crippen LogP contribution in [-0.2, 0) is 11.8 Å². The molecule has 1 aromatic heterocycles. The molecule has 128 valence electrons. The van der Waals surface area contributed by atoms with E-state index in [0.717, 1.165) is 25.0 Å². The Morgan fingerprint density at radius 1 is 1.38 bits per heavy atom. The number of aromatic nitrogens is 2. The molecule has 1 aliphatic heterocycles. The molecule has 1 saturated heterocycles. The summed E-state index contributed by atoms with van der Waals surface area (Å²) < 4.78 is 34.1. The molecule has 1 fully saturated rings. The molecule has 1 aromatic carbocycles. The fourth-order valence-corrected chi connectivity index (χ4v) is 3.01. The number of hydrogen-bond donors (Lipinski definition) is 1. The van der Waals surface area contributed by atoms with Crippen LogP contribution in [0.4, 0.5) is 8.78 Å². The van der Waals surface area contributed by atoms with Gasteiger partial charge >= 0.3 is 0 Å². The van der Waals surface area contributed by atoms with Crippen molar-refractivity contribution in [2.75, 3.05) is 13.2 Å². The van der Waals surface area contributed by atoms with Gasteiger partial charge in [-0.2, -0.15) is 0 Å². The first-order chi connectivity index (χ1) is 11.6. The van der Waals surface area contributed by atoms with Crippen molar-refractivity contribution in [1.29, 1.82) is 0 Å². The van der Waals surface area contributed by atoms with Gasteiger partial charge in [-0.3, -0.25) is 4.79 Å². The molecule has 0 aliphatic carbocycles. The maximum absolute atomic E-state index is 13.9. The van der Waals surface area contributed by atoms with Crippen LogP contribution in [0.5, 0.6) is 0 Å². The molecule has 3 rings (SSSR count). The van der Waals surface area contributed by atoms with E-state index in [1.54, 1.807) is 12.4 Å². The van der Waals surface area contributed by atoms with E-state index in [2.05, 4.69) is 10.3 Å². The monoisotopic (exact) mass is 335 g/mol. The molecule has 0 radical (unpaired) electrons. The van der Waals surface area contributed by atoms with Crippen LogP contribution in [0.25, 0.3) is 0 Å². The summed E-state index contributed by atoms with van der Waals surface area (Å²) in [6.07, 6.45) is 5.02. The molecule has 1 atom stereocenters. The highest BCUT2D eigenvalue weighted by Gasteiger charge is 2.30. The van der Waals surface area contributed by atoms with Crippen LogP contribution in [0.3, 0.4) is 0 Å². The van der Waals surface area contributed by atoms with Crippen LogP contribution < -0.4 is 5.32 Å². The number of benzene rings is 1. The highest BCUT2D eigenvalue weighted by molar-refractivity contribution is 5.94. The lowest BCUT2D eigenvalue weighted by molar-refractivity contribution is 0.0498. The Hall–Kier alpha value is -2.28. The van der Waals surface area contributed by atoms with Crippen LogP contribution in [0.1, 0.15) is 35.1 Å². The van der Waals surface area contributed by atoms with Gasteiger partial charge in [0.2, 0.25) is 0 Å². The predicted molar refractivity (Wildman–Crippen MR) is 83.3 cm³/mol. The SMILES string of the molecule is Cn1ccnc1C(NC(=O)c1ccc(F)cc1F)C1CCOCC1. The predicted octanol–water partition coefficient (Wildman–Crippen LogP) is 2.60. The Kier molecular flexibility index (Phi) is 4.89. The van der Waals surface area contributed by atoms with E-state index in [9.17, 15) is 13.6 Å². The molecule has 0 saturated carbocycles. The number of rotatable bonds is 4. The highest BCUT2D eigenvalue weighted by Crippen LogP contribution is 2.29. The van der Waals surface area contributed by atoms with Crippen molar-refractivity contribution in [2.24, 2.45) is 13.0 Å². The van der Waals surface area contributed by atoms with Gasteiger partial charge in [0.15, 0.2) is 0 Å². The zero-order valence-corrected chi connectivity index (χ0v) is 13.3. The Morgan fingerprint density at radius 2 is 2.12 bits per heavy atom. The van der Waals surface area contributed by atoms with Crippen molar-refractivity contribution >= 4 is 5.91 Å². The molecule has 7 heteroatoms. The van der Waals surface area contributed by atoms with Crippen LogP contribution >= 0.6 is 0 Å².